The molecule has 19 heavy (non-hydrogen) atoms. The number of nitrogens with zero attached hydrogens (tertiary/aromatic N) is 1. The molecule has 0 aliphatic carbocycles. The first-order chi connectivity index (χ1) is 8.86. The summed E-state index contributed by atoms with van der Waals surface area (Å²) in [5.41, 5.74) is 5.17. The molecule has 1 saturated heterocycles. The minimum absolute atomic E-state index is 0.189. The maximum atomic E-state index is 12.6. The van der Waals surface area contributed by atoms with Crippen LogP contribution in [0.15, 0.2) is 24.3 Å². The van der Waals surface area contributed by atoms with Crippen LogP contribution >= 0.6 is 0 Å². The number of hydrogen-bond donors (Lipinski definition) is 1. The molecule has 1 atom stereocenters. The van der Waals surface area contributed by atoms with Gasteiger partial charge in [0, 0.05) is 13.1 Å². The van der Waals surface area contributed by atoms with Gasteiger partial charge in [0.05, 0.1) is 11.5 Å². The highest BCUT2D eigenvalue weighted by Gasteiger charge is 2.31. The van der Waals surface area contributed by atoms with Gasteiger partial charge in [-0.2, -0.15) is 13.2 Å². The summed E-state index contributed by atoms with van der Waals surface area (Å²) < 4.78 is 37.7. The molecule has 1 aliphatic heterocycles. The third-order valence-electron chi connectivity index (χ3n) is 3.34. The molecule has 0 saturated carbocycles. The van der Waals surface area contributed by atoms with E-state index in [-0.39, 0.29) is 11.8 Å². The van der Waals surface area contributed by atoms with Crippen molar-refractivity contribution in [2.45, 2.75) is 19.1 Å². The average Bonchev–Trinajstić information content (AvgIpc) is 2.77. The Kier molecular flexibility index (Phi) is 3.80. The van der Waals surface area contributed by atoms with E-state index in [1.807, 2.05) is 4.90 Å². The highest BCUT2D eigenvalue weighted by molar-refractivity contribution is 5.77. The number of primary amides is 1. The first-order valence-electron chi connectivity index (χ1n) is 6.04. The van der Waals surface area contributed by atoms with Crippen LogP contribution in [0.4, 0.5) is 13.2 Å². The van der Waals surface area contributed by atoms with Gasteiger partial charge in [0.1, 0.15) is 0 Å². The van der Waals surface area contributed by atoms with Crippen LogP contribution in [0.3, 0.4) is 0 Å². The lowest BCUT2D eigenvalue weighted by atomic mass is 10.1. The monoisotopic (exact) mass is 272 g/mol. The molecule has 1 aromatic rings. The molecule has 6 heteroatoms. The van der Waals surface area contributed by atoms with Gasteiger partial charge in [0.15, 0.2) is 0 Å². The Hall–Kier alpha value is -1.56. The summed E-state index contributed by atoms with van der Waals surface area (Å²) in [6.45, 7) is 1.61. The van der Waals surface area contributed by atoms with Crippen LogP contribution in [0.2, 0.25) is 0 Å². The predicted octanol–water partition coefficient (Wildman–Crippen LogP) is 2.01. The Bertz CT molecular complexity index is 473. The second-order valence-electron chi connectivity index (χ2n) is 4.82. The number of alkyl halides is 3. The molecule has 1 unspecified atom stereocenters. The van der Waals surface area contributed by atoms with Gasteiger partial charge in [-0.1, -0.05) is 18.2 Å². The molecule has 0 spiro atoms. The van der Waals surface area contributed by atoms with Crippen LogP contribution in [0, 0.1) is 5.92 Å². The SMILES string of the molecule is NC(=O)C1CCN(Cc2cccc(C(F)(F)F)c2)C1. The molecule has 1 amide bonds. The number of likely N-dealkylation sites (tertiary alicyclic amines) is 1. The van der Waals surface area contributed by atoms with Crippen molar-refractivity contribution < 1.29 is 18.0 Å². The summed E-state index contributed by atoms with van der Waals surface area (Å²) in [4.78, 5) is 13.0. The van der Waals surface area contributed by atoms with Gasteiger partial charge in [0.2, 0.25) is 5.91 Å². The molecular weight excluding hydrogens is 257 g/mol. The topological polar surface area (TPSA) is 46.3 Å². The van der Waals surface area contributed by atoms with Crippen molar-refractivity contribution >= 4 is 5.91 Å². The number of halogens is 3. The molecule has 3 nitrogen and oxygen atoms in total. The van der Waals surface area contributed by atoms with Crippen molar-refractivity contribution in [2.75, 3.05) is 13.1 Å². The van der Waals surface area contributed by atoms with Gasteiger partial charge in [0.25, 0.3) is 0 Å². The molecule has 0 aromatic heterocycles. The lowest BCUT2D eigenvalue weighted by molar-refractivity contribution is -0.137. The van der Waals surface area contributed by atoms with Crippen LogP contribution < -0.4 is 5.73 Å². The molecule has 2 rings (SSSR count). The van der Waals surface area contributed by atoms with Crippen molar-refractivity contribution in [2.24, 2.45) is 11.7 Å². The summed E-state index contributed by atoms with van der Waals surface area (Å²) in [6.07, 6.45) is -3.65. The van der Waals surface area contributed by atoms with E-state index in [1.54, 1.807) is 6.07 Å². The van der Waals surface area contributed by atoms with Gasteiger partial charge in [-0.3, -0.25) is 9.69 Å². The highest BCUT2D eigenvalue weighted by atomic mass is 19.4. The minimum Gasteiger partial charge on any atom is -0.369 e. The molecule has 1 aliphatic rings. The van der Waals surface area contributed by atoms with Gasteiger partial charge in [-0.15, -0.1) is 0 Å². The quantitative estimate of drug-likeness (QED) is 0.915. The summed E-state index contributed by atoms with van der Waals surface area (Å²) in [7, 11) is 0. The van der Waals surface area contributed by atoms with E-state index in [4.69, 9.17) is 5.73 Å². The fourth-order valence-corrected chi connectivity index (χ4v) is 2.31. The summed E-state index contributed by atoms with van der Waals surface area (Å²) in [6, 6.07) is 5.27. The fraction of sp³-hybridized carbons (Fsp3) is 0.462. The Balaban J connectivity index is 2.03. The summed E-state index contributed by atoms with van der Waals surface area (Å²) in [5, 5.41) is 0. The van der Waals surface area contributed by atoms with Crippen molar-refractivity contribution in [3.8, 4) is 0 Å². The largest absolute Gasteiger partial charge is 0.416 e. The number of carbonyl (C=O) groups is 1. The number of rotatable bonds is 3. The standard InChI is InChI=1S/C13H15F3N2O/c14-13(15,16)11-3-1-2-9(6-11)7-18-5-4-10(8-18)12(17)19/h1-3,6,10H,4-5,7-8H2,(H2,17,19). The van der Waals surface area contributed by atoms with Crippen LogP contribution in [-0.4, -0.2) is 23.9 Å². The minimum atomic E-state index is -4.32. The maximum Gasteiger partial charge on any atom is 0.416 e. The van der Waals surface area contributed by atoms with E-state index >= 15 is 0 Å². The molecule has 1 fully saturated rings. The van der Waals surface area contributed by atoms with E-state index in [0.29, 0.717) is 31.6 Å². The van der Waals surface area contributed by atoms with Crippen molar-refractivity contribution in [1.82, 2.24) is 4.90 Å². The van der Waals surface area contributed by atoms with Crippen LogP contribution in [0.1, 0.15) is 17.5 Å². The zero-order valence-electron chi connectivity index (χ0n) is 10.3. The highest BCUT2D eigenvalue weighted by Crippen LogP contribution is 2.30. The fourth-order valence-electron chi connectivity index (χ4n) is 2.31. The molecule has 0 bridgehead atoms. The van der Waals surface area contributed by atoms with Crippen molar-refractivity contribution in [3.63, 3.8) is 0 Å². The van der Waals surface area contributed by atoms with Gasteiger partial charge < -0.3 is 5.73 Å². The average molecular weight is 272 g/mol. The van der Waals surface area contributed by atoms with Gasteiger partial charge >= 0.3 is 6.18 Å². The summed E-state index contributed by atoms with van der Waals surface area (Å²) in [5.74, 6) is -0.530. The number of hydrogen-bond acceptors (Lipinski definition) is 2. The van der Waals surface area contributed by atoms with E-state index in [2.05, 4.69) is 0 Å². The number of carbonyl (C=O) groups excluding carboxylic acids is 1. The number of amides is 1. The summed E-state index contributed by atoms with van der Waals surface area (Å²) >= 11 is 0. The molecule has 2 N–H and O–H groups in total. The Morgan fingerprint density at radius 2 is 2.16 bits per heavy atom. The lowest BCUT2D eigenvalue weighted by Crippen LogP contribution is -2.27. The zero-order chi connectivity index (χ0) is 14.0. The number of nitrogens with two attached hydrogens (primary N) is 1. The Morgan fingerprint density at radius 3 is 2.74 bits per heavy atom. The zero-order valence-corrected chi connectivity index (χ0v) is 10.3. The Labute approximate surface area is 109 Å². The third-order valence-corrected chi connectivity index (χ3v) is 3.34. The second kappa shape index (κ2) is 5.21. The van der Waals surface area contributed by atoms with Crippen molar-refractivity contribution in [1.29, 1.82) is 0 Å². The van der Waals surface area contributed by atoms with Crippen LogP contribution in [-0.2, 0) is 17.5 Å². The normalized spacial score (nSPS) is 20.7. The molecule has 1 heterocycles. The van der Waals surface area contributed by atoms with Gasteiger partial charge in [-0.05, 0) is 24.6 Å². The first kappa shape index (κ1) is 13.9. The molecule has 104 valence electrons. The van der Waals surface area contributed by atoms with Crippen LogP contribution in [0.5, 0.6) is 0 Å². The first-order valence-corrected chi connectivity index (χ1v) is 6.04. The lowest BCUT2D eigenvalue weighted by Gasteiger charge is -2.16. The smallest absolute Gasteiger partial charge is 0.369 e. The van der Waals surface area contributed by atoms with E-state index < -0.39 is 11.7 Å². The predicted molar refractivity (Wildman–Crippen MR) is 64.0 cm³/mol. The molecule has 1 aromatic carbocycles. The second-order valence-corrected chi connectivity index (χ2v) is 4.82. The molecular formula is C13H15F3N2O. The van der Waals surface area contributed by atoms with E-state index in [0.717, 1.165) is 12.1 Å². The van der Waals surface area contributed by atoms with Crippen molar-refractivity contribution in [3.05, 3.63) is 35.4 Å². The third kappa shape index (κ3) is 3.47. The van der Waals surface area contributed by atoms with Gasteiger partial charge in [-0.25, -0.2) is 0 Å². The van der Waals surface area contributed by atoms with E-state index in [1.165, 1.54) is 6.07 Å². The maximum absolute atomic E-state index is 12.6. The van der Waals surface area contributed by atoms with E-state index in [9.17, 15) is 18.0 Å². The number of benzene rings is 1. The Morgan fingerprint density at radius 1 is 1.42 bits per heavy atom. The van der Waals surface area contributed by atoms with Crippen LogP contribution in [0.25, 0.3) is 0 Å². The molecule has 0 radical (unpaired) electrons.